The second-order valence-corrected chi connectivity index (χ2v) is 8.40. The number of nitrogens with zero attached hydrogens (tertiary/aromatic N) is 2. The van der Waals surface area contributed by atoms with E-state index in [1.807, 2.05) is 43.1 Å². The lowest BCUT2D eigenvalue weighted by Gasteiger charge is -2.32. The number of hydrogen-bond acceptors (Lipinski definition) is 4. The number of aromatic nitrogens is 1. The molecule has 5 nitrogen and oxygen atoms in total. The number of pyridine rings is 1. The summed E-state index contributed by atoms with van der Waals surface area (Å²) in [6, 6.07) is 16.6. The molecule has 1 aromatic heterocycles. The lowest BCUT2D eigenvalue weighted by Crippen LogP contribution is -2.43. The van der Waals surface area contributed by atoms with Crippen molar-refractivity contribution in [3.63, 3.8) is 0 Å². The number of benzene rings is 2. The van der Waals surface area contributed by atoms with Crippen molar-refractivity contribution >= 4 is 16.8 Å². The molecule has 1 fully saturated rings. The van der Waals surface area contributed by atoms with Crippen LogP contribution in [-0.4, -0.2) is 47.7 Å². The molecule has 2 heterocycles. The number of likely N-dealkylation sites (tertiary alicyclic amines) is 1. The van der Waals surface area contributed by atoms with Crippen LogP contribution in [-0.2, 0) is 9.53 Å². The largest absolute Gasteiger partial charge is 0.490 e. The number of ether oxygens (including phenoxy) is 2. The molecule has 5 heteroatoms. The lowest BCUT2D eigenvalue weighted by molar-refractivity contribution is -0.139. The zero-order chi connectivity index (χ0) is 21.8. The van der Waals surface area contributed by atoms with Gasteiger partial charge in [-0.25, -0.2) is 0 Å². The van der Waals surface area contributed by atoms with Gasteiger partial charge in [-0.05, 0) is 55.7 Å². The molecular weight excluding hydrogens is 388 g/mol. The average molecular weight is 419 g/mol. The summed E-state index contributed by atoms with van der Waals surface area (Å²) in [6.07, 6.45) is 3.72. The van der Waals surface area contributed by atoms with E-state index >= 15 is 0 Å². The first kappa shape index (κ1) is 21.3. The second kappa shape index (κ2) is 9.48. The highest BCUT2D eigenvalue weighted by atomic mass is 16.5. The first-order chi connectivity index (χ1) is 15.0. The molecule has 0 saturated carbocycles. The first-order valence-corrected chi connectivity index (χ1v) is 11.0. The van der Waals surface area contributed by atoms with Crippen molar-refractivity contribution in [2.24, 2.45) is 0 Å². The molecule has 162 valence electrons. The maximum atomic E-state index is 12.2. The molecule has 0 bridgehead atoms. The molecule has 0 N–H and O–H groups in total. The van der Waals surface area contributed by atoms with Crippen LogP contribution >= 0.6 is 0 Å². The molecule has 0 aliphatic carbocycles. The Hall–Kier alpha value is -2.92. The molecule has 1 saturated heterocycles. The Balaban J connectivity index is 1.36. The number of amides is 1. The van der Waals surface area contributed by atoms with E-state index in [1.54, 1.807) is 0 Å². The van der Waals surface area contributed by atoms with Crippen LogP contribution in [0.4, 0.5) is 0 Å². The van der Waals surface area contributed by atoms with E-state index in [0.717, 1.165) is 35.1 Å². The fourth-order valence-electron chi connectivity index (χ4n) is 4.06. The minimum Gasteiger partial charge on any atom is -0.490 e. The van der Waals surface area contributed by atoms with Gasteiger partial charge >= 0.3 is 0 Å². The van der Waals surface area contributed by atoms with Crippen molar-refractivity contribution in [2.75, 3.05) is 19.7 Å². The van der Waals surface area contributed by atoms with E-state index in [1.165, 1.54) is 11.1 Å². The van der Waals surface area contributed by atoms with Gasteiger partial charge in [0.25, 0.3) is 0 Å². The number of aryl methyl sites for hydroxylation is 1. The number of hydrogen-bond donors (Lipinski definition) is 0. The Morgan fingerprint density at radius 1 is 1.10 bits per heavy atom. The number of fused-ring (bicyclic) bond motifs is 1. The van der Waals surface area contributed by atoms with Gasteiger partial charge in [0, 0.05) is 37.5 Å². The molecule has 3 aromatic rings. The van der Waals surface area contributed by atoms with E-state index in [4.69, 9.17) is 9.47 Å². The van der Waals surface area contributed by atoms with Gasteiger partial charge in [0.1, 0.15) is 18.5 Å². The van der Waals surface area contributed by atoms with Crippen LogP contribution in [0, 0.1) is 6.92 Å². The van der Waals surface area contributed by atoms with Crippen LogP contribution in [0.1, 0.15) is 32.3 Å². The molecule has 0 radical (unpaired) electrons. The van der Waals surface area contributed by atoms with Gasteiger partial charge in [0.2, 0.25) is 5.91 Å². The standard InChI is InChI=1S/C26H30N2O3/c1-18(2)30-17-25(29)28-15-12-23(13-16-28)31-22-9-6-20(7-10-22)24-11-8-21-5-4-14-27-26(21)19(24)3/h4-11,14,18,23H,12-13,15-17H2,1-3H3. The van der Waals surface area contributed by atoms with Gasteiger partial charge in [-0.3, -0.25) is 9.78 Å². The van der Waals surface area contributed by atoms with Crippen molar-refractivity contribution in [2.45, 2.75) is 45.8 Å². The monoisotopic (exact) mass is 418 g/mol. The third kappa shape index (κ3) is 5.05. The minimum absolute atomic E-state index is 0.0664. The van der Waals surface area contributed by atoms with Gasteiger partial charge in [-0.15, -0.1) is 0 Å². The van der Waals surface area contributed by atoms with E-state index < -0.39 is 0 Å². The molecule has 31 heavy (non-hydrogen) atoms. The van der Waals surface area contributed by atoms with Crippen LogP contribution in [0.25, 0.3) is 22.0 Å². The van der Waals surface area contributed by atoms with Crippen molar-refractivity contribution in [3.05, 3.63) is 60.3 Å². The summed E-state index contributed by atoms with van der Waals surface area (Å²) in [5.41, 5.74) is 4.57. The highest BCUT2D eigenvalue weighted by Crippen LogP contribution is 2.30. The van der Waals surface area contributed by atoms with Crippen LogP contribution in [0.2, 0.25) is 0 Å². The Bertz CT molecular complexity index is 1040. The fraction of sp³-hybridized carbons (Fsp3) is 0.385. The zero-order valence-electron chi connectivity index (χ0n) is 18.5. The number of piperidine rings is 1. The molecule has 1 aliphatic rings. The van der Waals surface area contributed by atoms with Gasteiger partial charge in [0.05, 0.1) is 11.6 Å². The Labute approximate surface area is 184 Å². The third-order valence-electron chi connectivity index (χ3n) is 5.83. The number of carbonyl (C=O) groups excluding carboxylic acids is 1. The average Bonchev–Trinajstić information content (AvgIpc) is 2.79. The minimum atomic E-state index is 0.0664. The highest BCUT2D eigenvalue weighted by molar-refractivity contribution is 5.88. The van der Waals surface area contributed by atoms with Crippen molar-refractivity contribution in [1.82, 2.24) is 9.88 Å². The molecule has 1 amide bonds. The predicted molar refractivity (Wildman–Crippen MR) is 123 cm³/mol. The predicted octanol–water partition coefficient (Wildman–Crippen LogP) is 5.01. The maximum absolute atomic E-state index is 12.2. The van der Waals surface area contributed by atoms with Gasteiger partial charge in [0.15, 0.2) is 0 Å². The molecule has 0 unspecified atom stereocenters. The summed E-state index contributed by atoms with van der Waals surface area (Å²) in [6.45, 7) is 7.59. The smallest absolute Gasteiger partial charge is 0.248 e. The highest BCUT2D eigenvalue weighted by Gasteiger charge is 2.24. The van der Waals surface area contributed by atoms with Crippen LogP contribution < -0.4 is 4.74 Å². The van der Waals surface area contributed by atoms with Gasteiger partial charge in [-0.2, -0.15) is 0 Å². The summed E-state index contributed by atoms with van der Waals surface area (Å²) < 4.78 is 11.6. The summed E-state index contributed by atoms with van der Waals surface area (Å²) in [5.74, 6) is 0.935. The van der Waals surface area contributed by atoms with E-state index in [-0.39, 0.29) is 24.7 Å². The fourth-order valence-corrected chi connectivity index (χ4v) is 4.06. The Morgan fingerprint density at radius 2 is 1.84 bits per heavy atom. The van der Waals surface area contributed by atoms with Crippen LogP contribution in [0.15, 0.2) is 54.7 Å². The zero-order valence-corrected chi connectivity index (χ0v) is 18.5. The van der Waals surface area contributed by atoms with Crippen molar-refractivity contribution < 1.29 is 14.3 Å². The Morgan fingerprint density at radius 3 is 2.55 bits per heavy atom. The molecular formula is C26H30N2O3. The van der Waals surface area contributed by atoms with Crippen molar-refractivity contribution in [3.8, 4) is 16.9 Å². The molecule has 1 aliphatic heterocycles. The van der Waals surface area contributed by atoms with Gasteiger partial charge < -0.3 is 14.4 Å². The first-order valence-electron chi connectivity index (χ1n) is 11.0. The summed E-state index contributed by atoms with van der Waals surface area (Å²) in [4.78, 5) is 18.6. The van der Waals surface area contributed by atoms with Crippen LogP contribution in [0.5, 0.6) is 5.75 Å². The normalized spacial score (nSPS) is 14.9. The molecule has 2 aromatic carbocycles. The lowest BCUT2D eigenvalue weighted by atomic mass is 9.98. The van der Waals surface area contributed by atoms with E-state index in [0.29, 0.717) is 13.1 Å². The van der Waals surface area contributed by atoms with Gasteiger partial charge in [-0.1, -0.05) is 30.3 Å². The van der Waals surface area contributed by atoms with E-state index in [2.05, 4.69) is 42.2 Å². The maximum Gasteiger partial charge on any atom is 0.248 e. The summed E-state index contributed by atoms with van der Waals surface area (Å²) in [7, 11) is 0. The number of carbonyl (C=O) groups is 1. The third-order valence-corrected chi connectivity index (χ3v) is 5.83. The molecule has 4 rings (SSSR count). The van der Waals surface area contributed by atoms with E-state index in [9.17, 15) is 4.79 Å². The quantitative estimate of drug-likeness (QED) is 0.565. The van der Waals surface area contributed by atoms with Crippen molar-refractivity contribution in [1.29, 1.82) is 0 Å². The SMILES string of the molecule is Cc1c(-c2ccc(OC3CCN(C(=O)COC(C)C)CC3)cc2)ccc2cccnc12. The summed E-state index contributed by atoms with van der Waals surface area (Å²) >= 11 is 0. The molecule has 0 atom stereocenters. The molecule has 0 spiro atoms. The topological polar surface area (TPSA) is 51.7 Å². The second-order valence-electron chi connectivity index (χ2n) is 8.40. The number of rotatable bonds is 6. The Kier molecular flexibility index (Phi) is 6.52. The summed E-state index contributed by atoms with van der Waals surface area (Å²) in [5, 5.41) is 1.16. The van der Waals surface area contributed by atoms with Crippen LogP contribution in [0.3, 0.4) is 0 Å².